The molecule has 5 nitrogen and oxygen atoms in total. The van der Waals surface area contributed by atoms with Crippen molar-refractivity contribution in [3.05, 3.63) is 0 Å². The van der Waals surface area contributed by atoms with E-state index < -0.39 is 23.5 Å². The van der Waals surface area contributed by atoms with Crippen molar-refractivity contribution in [1.82, 2.24) is 5.32 Å². The lowest BCUT2D eigenvalue weighted by molar-refractivity contribution is -0.155. The third-order valence-corrected chi connectivity index (χ3v) is 2.35. The van der Waals surface area contributed by atoms with Crippen LogP contribution in [0.2, 0.25) is 0 Å². The van der Waals surface area contributed by atoms with Gasteiger partial charge in [-0.3, -0.25) is 4.79 Å². The summed E-state index contributed by atoms with van der Waals surface area (Å²) in [5.74, 6) is -1.62. The number of carbonyl (C=O) groups is 2. The Morgan fingerprint density at radius 1 is 1.46 bits per heavy atom. The summed E-state index contributed by atoms with van der Waals surface area (Å²) in [6.07, 6.45) is 1.67. The number of rotatable bonds is 3. The van der Waals surface area contributed by atoms with E-state index in [2.05, 4.69) is 5.32 Å². The normalized spacial score (nSPS) is 21.4. The Morgan fingerprint density at radius 2 is 2.00 bits per heavy atom. The number of hydrogen-bond donors (Lipinski definition) is 3. The fourth-order valence-corrected chi connectivity index (χ4v) is 1.46. The van der Waals surface area contributed by atoms with E-state index in [1.54, 1.807) is 0 Å². The van der Waals surface area contributed by atoms with Gasteiger partial charge in [0.2, 0.25) is 5.91 Å². The molecule has 3 N–H and O–H groups in total. The van der Waals surface area contributed by atoms with Gasteiger partial charge in [-0.2, -0.15) is 0 Å². The number of aliphatic hydroxyl groups is 1. The molecule has 1 rings (SSSR count). The Bertz CT molecular complexity index is 234. The molecule has 0 radical (unpaired) electrons. The molecule has 74 valence electrons. The molecule has 0 aliphatic heterocycles. The number of carboxylic acid groups (broad SMARTS) is 1. The van der Waals surface area contributed by atoms with Crippen LogP contribution in [0.25, 0.3) is 0 Å². The van der Waals surface area contributed by atoms with Crippen molar-refractivity contribution in [1.29, 1.82) is 0 Å². The van der Waals surface area contributed by atoms with Crippen LogP contribution in [-0.4, -0.2) is 33.7 Å². The summed E-state index contributed by atoms with van der Waals surface area (Å²) in [7, 11) is 0. The quantitative estimate of drug-likeness (QED) is 0.555. The topological polar surface area (TPSA) is 86.6 Å². The van der Waals surface area contributed by atoms with E-state index in [4.69, 9.17) is 5.11 Å². The molecule has 1 aliphatic carbocycles. The minimum Gasteiger partial charge on any atom is -0.480 e. The molecule has 13 heavy (non-hydrogen) atoms. The van der Waals surface area contributed by atoms with Gasteiger partial charge in [0.05, 0.1) is 5.60 Å². The molecule has 1 saturated carbocycles. The second-order valence-corrected chi connectivity index (χ2v) is 3.43. The highest BCUT2D eigenvalue weighted by Crippen LogP contribution is 2.34. The molecule has 1 amide bonds. The molecule has 1 aliphatic rings. The van der Waals surface area contributed by atoms with Crippen molar-refractivity contribution < 1.29 is 19.8 Å². The second kappa shape index (κ2) is 3.33. The zero-order valence-corrected chi connectivity index (χ0v) is 7.41. The molecule has 5 heteroatoms. The predicted molar refractivity (Wildman–Crippen MR) is 44.0 cm³/mol. The van der Waals surface area contributed by atoms with Gasteiger partial charge in [0.1, 0.15) is 0 Å². The van der Waals surface area contributed by atoms with Gasteiger partial charge in [0.15, 0.2) is 6.04 Å². The number of carboxylic acids is 1. The SMILES string of the molecule is CC(=O)NC(C(=O)O)C1(O)CCC1. The lowest BCUT2D eigenvalue weighted by atomic mass is 9.74. The molecule has 0 aromatic rings. The molecule has 0 heterocycles. The summed E-state index contributed by atoms with van der Waals surface area (Å²) in [5.41, 5.74) is -1.24. The van der Waals surface area contributed by atoms with Crippen LogP contribution in [0, 0.1) is 0 Å². The molecule has 0 saturated heterocycles. The van der Waals surface area contributed by atoms with Crippen LogP contribution in [0.4, 0.5) is 0 Å². The lowest BCUT2D eigenvalue weighted by Gasteiger charge is -2.40. The van der Waals surface area contributed by atoms with Crippen LogP contribution in [0.1, 0.15) is 26.2 Å². The average molecular weight is 187 g/mol. The van der Waals surface area contributed by atoms with Crippen LogP contribution in [0.15, 0.2) is 0 Å². The van der Waals surface area contributed by atoms with E-state index in [1.165, 1.54) is 6.92 Å². The first-order valence-corrected chi connectivity index (χ1v) is 4.18. The van der Waals surface area contributed by atoms with Crippen LogP contribution >= 0.6 is 0 Å². The number of aliphatic carboxylic acids is 1. The summed E-state index contributed by atoms with van der Waals surface area (Å²) in [5, 5.41) is 20.7. The van der Waals surface area contributed by atoms with Gasteiger partial charge >= 0.3 is 5.97 Å². The Labute approximate surface area is 75.7 Å². The van der Waals surface area contributed by atoms with E-state index in [0.717, 1.165) is 6.42 Å². The van der Waals surface area contributed by atoms with Crippen molar-refractivity contribution in [2.75, 3.05) is 0 Å². The van der Waals surface area contributed by atoms with E-state index >= 15 is 0 Å². The standard InChI is InChI=1S/C8H13NO4/c1-5(10)9-6(7(11)12)8(13)3-2-4-8/h6,13H,2-4H2,1H3,(H,9,10)(H,11,12). The zero-order valence-electron chi connectivity index (χ0n) is 7.41. The highest BCUT2D eigenvalue weighted by Gasteiger charge is 2.46. The highest BCUT2D eigenvalue weighted by molar-refractivity contribution is 5.83. The van der Waals surface area contributed by atoms with Crippen LogP contribution in [0.5, 0.6) is 0 Å². The van der Waals surface area contributed by atoms with Crippen LogP contribution < -0.4 is 5.32 Å². The van der Waals surface area contributed by atoms with Gasteiger partial charge in [-0.25, -0.2) is 4.79 Å². The fraction of sp³-hybridized carbons (Fsp3) is 0.750. The molecule has 0 spiro atoms. The van der Waals surface area contributed by atoms with E-state index in [-0.39, 0.29) is 0 Å². The minimum atomic E-state index is -1.24. The maximum Gasteiger partial charge on any atom is 0.329 e. The van der Waals surface area contributed by atoms with Crippen LogP contribution in [-0.2, 0) is 9.59 Å². The van der Waals surface area contributed by atoms with E-state index in [1.807, 2.05) is 0 Å². The predicted octanol–water partition coefficient (Wildman–Crippen LogP) is -0.509. The molecule has 1 atom stereocenters. The minimum absolute atomic E-state index is 0.435. The van der Waals surface area contributed by atoms with Crippen molar-refractivity contribution in [3.8, 4) is 0 Å². The molecule has 1 fully saturated rings. The third-order valence-electron chi connectivity index (χ3n) is 2.35. The molecule has 0 aromatic heterocycles. The van der Waals surface area contributed by atoms with Crippen molar-refractivity contribution in [2.24, 2.45) is 0 Å². The molecule has 0 bridgehead atoms. The molecular weight excluding hydrogens is 174 g/mol. The van der Waals surface area contributed by atoms with E-state index in [0.29, 0.717) is 12.8 Å². The summed E-state index contributed by atoms with van der Waals surface area (Å²) in [4.78, 5) is 21.4. The Hall–Kier alpha value is -1.10. The molecular formula is C8H13NO4. The number of nitrogens with one attached hydrogen (secondary N) is 1. The van der Waals surface area contributed by atoms with Gasteiger partial charge < -0.3 is 15.5 Å². The van der Waals surface area contributed by atoms with Crippen molar-refractivity contribution >= 4 is 11.9 Å². The van der Waals surface area contributed by atoms with Gasteiger partial charge in [-0.1, -0.05) is 0 Å². The summed E-state index contributed by atoms with van der Waals surface area (Å²) >= 11 is 0. The highest BCUT2D eigenvalue weighted by atomic mass is 16.4. The van der Waals surface area contributed by atoms with Gasteiger partial charge in [-0.15, -0.1) is 0 Å². The largest absolute Gasteiger partial charge is 0.480 e. The Morgan fingerprint density at radius 3 is 2.23 bits per heavy atom. The third kappa shape index (κ3) is 1.98. The first kappa shape index (κ1) is 9.98. The number of amides is 1. The summed E-state index contributed by atoms with van der Waals surface area (Å²) < 4.78 is 0. The van der Waals surface area contributed by atoms with Crippen molar-refractivity contribution in [2.45, 2.75) is 37.8 Å². The maximum absolute atomic E-state index is 10.7. The number of hydrogen-bond acceptors (Lipinski definition) is 3. The first-order chi connectivity index (χ1) is 5.96. The van der Waals surface area contributed by atoms with E-state index in [9.17, 15) is 14.7 Å². The second-order valence-electron chi connectivity index (χ2n) is 3.43. The van der Waals surface area contributed by atoms with Gasteiger partial charge in [-0.05, 0) is 19.3 Å². The molecule has 1 unspecified atom stereocenters. The van der Waals surface area contributed by atoms with Crippen LogP contribution in [0.3, 0.4) is 0 Å². The number of carbonyl (C=O) groups excluding carboxylic acids is 1. The first-order valence-electron chi connectivity index (χ1n) is 4.18. The monoisotopic (exact) mass is 187 g/mol. The lowest BCUT2D eigenvalue weighted by Crippen LogP contribution is -2.60. The Balaban J connectivity index is 2.67. The zero-order chi connectivity index (χ0) is 10.1. The van der Waals surface area contributed by atoms with Gasteiger partial charge in [0.25, 0.3) is 0 Å². The maximum atomic E-state index is 10.7. The van der Waals surface area contributed by atoms with Gasteiger partial charge in [0, 0.05) is 6.92 Å². The molecule has 0 aromatic carbocycles. The van der Waals surface area contributed by atoms with Crippen molar-refractivity contribution in [3.63, 3.8) is 0 Å². The summed E-state index contributed by atoms with van der Waals surface area (Å²) in [6.45, 7) is 1.23. The smallest absolute Gasteiger partial charge is 0.329 e. The average Bonchev–Trinajstić information content (AvgIpc) is 1.95. The fourth-order valence-electron chi connectivity index (χ4n) is 1.46. The summed E-state index contributed by atoms with van der Waals surface area (Å²) in [6, 6.07) is -1.17. The Kier molecular flexibility index (Phi) is 2.56.